The van der Waals surface area contributed by atoms with Crippen molar-refractivity contribution in [3.8, 4) is 5.75 Å². The zero-order chi connectivity index (χ0) is 16.1. The Kier molecular flexibility index (Phi) is 5.28. The monoisotopic (exact) mass is 312 g/mol. The molecule has 1 aliphatic rings. The average molecular weight is 312 g/mol. The van der Waals surface area contributed by atoms with E-state index in [-0.39, 0.29) is 6.04 Å². The van der Waals surface area contributed by atoms with Crippen molar-refractivity contribution in [3.63, 3.8) is 0 Å². The maximum Gasteiger partial charge on any atom is 0.124 e. The maximum atomic E-state index is 10.7. The molecule has 1 aliphatic heterocycles. The molecule has 2 atom stereocenters. The zero-order valence-electron chi connectivity index (χ0n) is 13.5. The van der Waals surface area contributed by atoms with Gasteiger partial charge < -0.3 is 15.2 Å². The number of hydrogen-bond donors (Lipinski definition) is 2. The Labute approximate surface area is 137 Å². The summed E-state index contributed by atoms with van der Waals surface area (Å²) in [5.41, 5.74) is 2.13. The predicted molar refractivity (Wildman–Crippen MR) is 91.6 cm³/mol. The van der Waals surface area contributed by atoms with Gasteiger partial charge in [-0.15, -0.1) is 0 Å². The Balaban J connectivity index is 1.76. The molecule has 0 bridgehead atoms. The van der Waals surface area contributed by atoms with Crippen LogP contribution in [0.15, 0.2) is 54.6 Å². The number of methoxy groups -OCH3 is 1. The minimum atomic E-state index is -0.560. The van der Waals surface area contributed by atoms with Gasteiger partial charge in [0.25, 0.3) is 0 Å². The summed E-state index contributed by atoms with van der Waals surface area (Å²) in [6.45, 7) is 3.37. The smallest absolute Gasteiger partial charge is 0.124 e. The number of rotatable bonds is 5. The average Bonchev–Trinajstić information content (AvgIpc) is 2.63. The van der Waals surface area contributed by atoms with Gasteiger partial charge in [-0.3, -0.25) is 4.90 Å². The molecule has 1 heterocycles. The van der Waals surface area contributed by atoms with Gasteiger partial charge in [0.2, 0.25) is 0 Å². The van der Waals surface area contributed by atoms with Gasteiger partial charge in [-0.2, -0.15) is 0 Å². The number of nitrogens with one attached hydrogen (secondary N) is 1. The van der Waals surface area contributed by atoms with Crippen molar-refractivity contribution < 1.29 is 9.84 Å². The van der Waals surface area contributed by atoms with Gasteiger partial charge in [0, 0.05) is 37.8 Å². The SMILES string of the molecule is COc1ccccc1C(O)CN1CCNCC1c1ccccc1. The highest BCUT2D eigenvalue weighted by atomic mass is 16.5. The quantitative estimate of drug-likeness (QED) is 0.890. The Morgan fingerprint density at radius 1 is 1.17 bits per heavy atom. The van der Waals surface area contributed by atoms with E-state index in [0.29, 0.717) is 6.54 Å². The molecule has 2 unspecified atom stereocenters. The van der Waals surface area contributed by atoms with Crippen LogP contribution in [0.5, 0.6) is 5.75 Å². The van der Waals surface area contributed by atoms with E-state index in [4.69, 9.17) is 4.74 Å². The van der Waals surface area contributed by atoms with Crippen LogP contribution in [0.1, 0.15) is 23.3 Å². The Morgan fingerprint density at radius 2 is 1.91 bits per heavy atom. The molecule has 0 spiro atoms. The van der Waals surface area contributed by atoms with Gasteiger partial charge in [0.05, 0.1) is 13.2 Å². The first-order chi connectivity index (χ1) is 11.3. The van der Waals surface area contributed by atoms with Crippen LogP contribution in [-0.2, 0) is 0 Å². The fraction of sp³-hybridized carbons (Fsp3) is 0.368. The van der Waals surface area contributed by atoms with Crippen LogP contribution in [-0.4, -0.2) is 43.3 Å². The Bertz CT molecular complexity index is 618. The van der Waals surface area contributed by atoms with Crippen LogP contribution in [0.25, 0.3) is 0 Å². The minimum absolute atomic E-state index is 0.286. The lowest BCUT2D eigenvalue weighted by molar-refractivity contribution is 0.0719. The Hall–Kier alpha value is -1.88. The van der Waals surface area contributed by atoms with Gasteiger partial charge in [-0.25, -0.2) is 0 Å². The molecule has 0 aliphatic carbocycles. The zero-order valence-corrected chi connectivity index (χ0v) is 13.5. The fourth-order valence-electron chi connectivity index (χ4n) is 3.23. The first-order valence-corrected chi connectivity index (χ1v) is 8.10. The molecule has 2 aromatic carbocycles. The van der Waals surface area contributed by atoms with Gasteiger partial charge in [0.1, 0.15) is 5.75 Å². The molecule has 4 nitrogen and oxygen atoms in total. The van der Waals surface area contributed by atoms with Crippen molar-refractivity contribution in [3.05, 3.63) is 65.7 Å². The first-order valence-electron chi connectivity index (χ1n) is 8.10. The summed E-state index contributed by atoms with van der Waals surface area (Å²) in [5, 5.41) is 14.2. The fourth-order valence-corrected chi connectivity index (χ4v) is 3.23. The lowest BCUT2D eigenvalue weighted by Crippen LogP contribution is -2.47. The normalized spacial score (nSPS) is 20.2. The summed E-state index contributed by atoms with van der Waals surface area (Å²) in [6.07, 6.45) is -0.560. The number of para-hydroxylation sites is 1. The van der Waals surface area contributed by atoms with Gasteiger partial charge in [0.15, 0.2) is 0 Å². The highest BCUT2D eigenvalue weighted by molar-refractivity contribution is 5.35. The van der Waals surface area contributed by atoms with Crippen molar-refractivity contribution in [2.75, 3.05) is 33.3 Å². The number of aliphatic hydroxyl groups excluding tert-OH is 1. The molecule has 0 aromatic heterocycles. The number of piperazine rings is 1. The second-order valence-corrected chi connectivity index (χ2v) is 5.88. The highest BCUT2D eigenvalue weighted by Crippen LogP contribution is 2.29. The summed E-state index contributed by atoms with van der Waals surface area (Å²) >= 11 is 0. The first kappa shape index (κ1) is 16.0. The molecule has 3 rings (SSSR count). The van der Waals surface area contributed by atoms with Crippen LogP contribution in [0.4, 0.5) is 0 Å². The summed E-state index contributed by atoms with van der Waals surface area (Å²) in [7, 11) is 1.64. The number of nitrogens with zero attached hydrogens (tertiary/aromatic N) is 1. The van der Waals surface area contributed by atoms with Gasteiger partial charge in [-0.1, -0.05) is 48.5 Å². The highest BCUT2D eigenvalue weighted by Gasteiger charge is 2.26. The van der Waals surface area contributed by atoms with Gasteiger partial charge in [-0.05, 0) is 11.6 Å². The van der Waals surface area contributed by atoms with Gasteiger partial charge >= 0.3 is 0 Å². The van der Waals surface area contributed by atoms with E-state index < -0.39 is 6.10 Å². The summed E-state index contributed by atoms with van der Waals surface area (Å²) in [5.74, 6) is 0.742. The van der Waals surface area contributed by atoms with Crippen molar-refractivity contribution in [1.82, 2.24) is 10.2 Å². The predicted octanol–water partition coefficient (Wildman–Crippen LogP) is 2.38. The largest absolute Gasteiger partial charge is 0.496 e. The third-order valence-corrected chi connectivity index (χ3v) is 4.44. The van der Waals surface area contributed by atoms with Crippen LogP contribution in [0.3, 0.4) is 0 Å². The van der Waals surface area contributed by atoms with Crippen molar-refractivity contribution in [2.45, 2.75) is 12.1 Å². The van der Waals surface area contributed by atoms with E-state index in [2.05, 4.69) is 34.5 Å². The topological polar surface area (TPSA) is 44.7 Å². The molecular weight excluding hydrogens is 288 g/mol. The van der Waals surface area contributed by atoms with Crippen LogP contribution in [0, 0.1) is 0 Å². The van der Waals surface area contributed by atoms with E-state index in [0.717, 1.165) is 30.9 Å². The van der Waals surface area contributed by atoms with E-state index >= 15 is 0 Å². The van der Waals surface area contributed by atoms with E-state index in [1.807, 2.05) is 30.3 Å². The molecule has 2 aromatic rings. The van der Waals surface area contributed by atoms with Crippen LogP contribution < -0.4 is 10.1 Å². The lowest BCUT2D eigenvalue weighted by Gasteiger charge is -2.37. The van der Waals surface area contributed by atoms with Crippen LogP contribution in [0.2, 0.25) is 0 Å². The molecule has 2 N–H and O–H groups in total. The minimum Gasteiger partial charge on any atom is -0.496 e. The maximum absolute atomic E-state index is 10.7. The molecule has 0 saturated carbocycles. The van der Waals surface area contributed by atoms with E-state index in [1.54, 1.807) is 7.11 Å². The summed E-state index contributed by atoms with van der Waals surface area (Å²) in [6, 6.07) is 18.5. The molecular formula is C19H24N2O2. The number of aliphatic hydroxyl groups is 1. The van der Waals surface area contributed by atoms with E-state index in [1.165, 1.54) is 5.56 Å². The molecule has 4 heteroatoms. The lowest BCUT2D eigenvalue weighted by atomic mass is 10.0. The Morgan fingerprint density at radius 3 is 2.70 bits per heavy atom. The molecule has 1 saturated heterocycles. The number of benzene rings is 2. The molecule has 0 radical (unpaired) electrons. The van der Waals surface area contributed by atoms with Crippen LogP contribution >= 0.6 is 0 Å². The standard InChI is InChI=1S/C19H24N2O2/c1-23-19-10-6-5-9-16(19)18(22)14-21-12-11-20-13-17(21)15-7-3-2-4-8-15/h2-10,17-18,20,22H,11-14H2,1H3. The molecule has 0 amide bonds. The second kappa shape index (κ2) is 7.59. The van der Waals surface area contributed by atoms with Crippen molar-refractivity contribution >= 4 is 0 Å². The van der Waals surface area contributed by atoms with E-state index in [9.17, 15) is 5.11 Å². The number of β-amino-alcohol motifs (C(OH)–C–C–N with tert-alkyl or cyclic N) is 1. The number of hydrogen-bond acceptors (Lipinski definition) is 4. The third-order valence-electron chi connectivity index (χ3n) is 4.44. The number of ether oxygens (including phenoxy) is 1. The molecule has 122 valence electrons. The van der Waals surface area contributed by atoms with Crippen molar-refractivity contribution in [1.29, 1.82) is 0 Å². The molecule has 23 heavy (non-hydrogen) atoms. The second-order valence-electron chi connectivity index (χ2n) is 5.88. The van der Waals surface area contributed by atoms with Crippen molar-refractivity contribution in [2.24, 2.45) is 0 Å². The third kappa shape index (κ3) is 3.72. The molecule has 1 fully saturated rings. The summed E-state index contributed by atoms with van der Waals surface area (Å²) in [4.78, 5) is 2.35. The summed E-state index contributed by atoms with van der Waals surface area (Å²) < 4.78 is 5.38.